The molecule has 2 aromatic rings. The van der Waals surface area contributed by atoms with E-state index in [9.17, 15) is 4.79 Å². The summed E-state index contributed by atoms with van der Waals surface area (Å²) in [6, 6.07) is 11.6. The molecule has 1 fully saturated rings. The highest BCUT2D eigenvalue weighted by Gasteiger charge is 2.39. The van der Waals surface area contributed by atoms with Gasteiger partial charge in [-0.15, -0.1) is 0 Å². The number of piperazine rings is 1. The third-order valence-corrected chi connectivity index (χ3v) is 4.63. The molecule has 2 aliphatic heterocycles. The molecule has 124 valence electrons. The van der Waals surface area contributed by atoms with Crippen LogP contribution in [0.5, 0.6) is 5.75 Å². The van der Waals surface area contributed by atoms with Gasteiger partial charge in [0.15, 0.2) is 5.82 Å². The number of hydrogen-bond donors (Lipinski definition) is 1. The molecule has 1 atom stereocenters. The van der Waals surface area contributed by atoms with Crippen molar-refractivity contribution < 1.29 is 9.53 Å². The number of fused-ring (bicyclic) bond motifs is 3. The van der Waals surface area contributed by atoms with Crippen LogP contribution in [0.15, 0.2) is 42.6 Å². The van der Waals surface area contributed by atoms with Gasteiger partial charge >= 0.3 is 0 Å². The second kappa shape index (κ2) is 6.13. The first-order valence-electron chi connectivity index (χ1n) is 8.14. The van der Waals surface area contributed by atoms with Crippen molar-refractivity contribution >= 4 is 17.4 Å². The van der Waals surface area contributed by atoms with E-state index < -0.39 is 0 Å². The van der Waals surface area contributed by atoms with Gasteiger partial charge in [0, 0.05) is 25.8 Å². The van der Waals surface area contributed by atoms with Crippen LogP contribution in [0.25, 0.3) is 0 Å². The SMILES string of the molecule is COc1ccc(CN2C(=O)C3CNCCN3c3cccnc32)cc1. The highest BCUT2D eigenvalue weighted by Crippen LogP contribution is 2.35. The second-order valence-electron chi connectivity index (χ2n) is 6.03. The summed E-state index contributed by atoms with van der Waals surface area (Å²) in [7, 11) is 1.65. The number of anilines is 2. The van der Waals surface area contributed by atoms with E-state index in [2.05, 4.69) is 15.2 Å². The fraction of sp³-hybridized carbons (Fsp3) is 0.333. The molecule has 6 nitrogen and oxygen atoms in total. The van der Waals surface area contributed by atoms with E-state index in [1.807, 2.05) is 36.4 Å². The normalized spacial score (nSPS) is 19.7. The first kappa shape index (κ1) is 15.0. The Balaban J connectivity index is 1.69. The van der Waals surface area contributed by atoms with E-state index in [1.54, 1.807) is 18.2 Å². The molecule has 0 bridgehead atoms. The Morgan fingerprint density at radius 3 is 2.92 bits per heavy atom. The lowest BCUT2D eigenvalue weighted by atomic mass is 10.1. The Kier molecular flexibility index (Phi) is 3.82. The third kappa shape index (κ3) is 2.49. The van der Waals surface area contributed by atoms with E-state index >= 15 is 0 Å². The molecular weight excluding hydrogens is 304 g/mol. The molecule has 0 aliphatic carbocycles. The van der Waals surface area contributed by atoms with Crippen molar-refractivity contribution in [3.63, 3.8) is 0 Å². The van der Waals surface area contributed by atoms with Crippen molar-refractivity contribution in [1.29, 1.82) is 0 Å². The molecule has 2 aliphatic rings. The summed E-state index contributed by atoms with van der Waals surface area (Å²) >= 11 is 0. The van der Waals surface area contributed by atoms with Crippen LogP contribution in [0.4, 0.5) is 11.5 Å². The van der Waals surface area contributed by atoms with Crippen LogP contribution < -0.4 is 19.9 Å². The molecule has 1 aromatic heterocycles. The van der Waals surface area contributed by atoms with Crippen LogP contribution in [0.2, 0.25) is 0 Å². The molecule has 3 heterocycles. The van der Waals surface area contributed by atoms with Crippen molar-refractivity contribution in [3.8, 4) is 5.75 Å². The van der Waals surface area contributed by atoms with E-state index in [0.717, 1.165) is 35.9 Å². The quantitative estimate of drug-likeness (QED) is 0.925. The predicted octanol–water partition coefficient (Wildman–Crippen LogP) is 1.42. The van der Waals surface area contributed by atoms with Crippen LogP contribution in [-0.4, -0.2) is 43.7 Å². The maximum Gasteiger partial charge on any atom is 0.252 e. The minimum atomic E-state index is -0.159. The van der Waals surface area contributed by atoms with Gasteiger partial charge in [0.1, 0.15) is 11.8 Å². The van der Waals surface area contributed by atoms with Gasteiger partial charge in [0.25, 0.3) is 5.91 Å². The number of benzene rings is 1. The number of carbonyl (C=O) groups excluding carboxylic acids is 1. The molecule has 0 radical (unpaired) electrons. The smallest absolute Gasteiger partial charge is 0.252 e. The maximum atomic E-state index is 13.0. The van der Waals surface area contributed by atoms with Crippen LogP contribution in [0.3, 0.4) is 0 Å². The molecule has 1 aromatic carbocycles. The maximum absolute atomic E-state index is 13.0. The van der Waals surface area contributed by atoms with Gasteiger partial charge in [-0.2, -0.15) is 0 Å². The predicted molar refractivity (Wildman–Crippen MR) is 92.4 cm³/mol. The van der Waals surface area contributed by atoms with E-state index in [4.69, 9.17) is 4.74 Å². The fourth-order valence-electron chi connectivity index (χ4n) is 3.38. The monoisotopic (exact) mass is 324 g/mol. The van der Waals surface area contributed by atoms with E-state index in [0.29, 0.717) is 13.1 Å². The largest absolute Gasteiger partial charge is 0.497 e. The minimum absolute atomic E-state index is 0.101. The van der Waals surface area contributed by atoms with Crippen molar-refractivity contribution in [2.24, 2.45) is 0 Å². The Labute approximate surface area is 141 Å². The lowest BCUT2D eigenvalue weighted by Crippen LogP contribution is -2.61. The Bertz CT molecular complexity index is 747. The Morgan fingerprint density at radius 2 is 2.12 bits per heavy atom. The highest BCUT2D eigenvalue weighted by molar-refractivity contribution is 6.04. The average Bonchev–Trinajstić information content (AvgIpc) is 2.65. The van der Waals surface area contributed by atoms with Gasteiger partial charge in [-0.1, -0.05) is 12.1 Å². The summed E-state index contributed by atoms with van der Waals surface area (Å²) in [5, 5.41) is 3.32. The molecule has 1 saturated heterocycles. The molecule has 24 heavy (non-hydrogen) atoms. The number of aromatic nitrogens is 1. The highest BCUT2D eigenvalue weighted by atomic mass is 16.5. The van der Waals surface area contributed by atoms with E-state index in [-0.39, 0.29) is 11.9 Å². The number of pyridine rings is 1. The van der Waals surface area contributed by atoms with Gasteiger partial charge in [-0.25, -0.2) is 4.98 Å². The molecule has 1 unspecified atom stereocenters. The summed E-state index contributed by atoms with van der Waals surface area (Å²) in [6.45, 7) is 2.89. The number of carbonyl (C=O) groups is 1. The number of amides is 1. The number of rotatable bonds is 3. The minimum Gasteiger partial charge on any atom is -0.497 e. The van der Waals surface area contributed by atoms with Gasteiger partial charge in [-0.05, 0) is 29.8 Å². The summed E-state index contributed by atoms with van der Waals surface area (Å²) in [4.78, 5) is 21.5. The zero-order valence-corrected chi connectivity index (χ0v) is 13.6. The average molecular weight is 324 g/mol. The number of hydrogen-bond acceptors (Lipinski definition) is 5. The number of nitrogens with zero attached hydrogens (tertiary/aromatic N) is 3. The molecule has 4 rings (SSSR count). The number of ether oxygens (including phenoxy) is 1. The van der Waals surface area contributed by atoms with E-state index in [1.165, 1.54) is 0 Å². The zero-order chi connectivity index (χ0) is 16.5. The zero-order valence-electron chi connectivity index (χ0n) is 13.6. The van der Waals surface area contributed by atoms with Gasteiger partial charge < -0.3 is 15.0 Å². The first-order chi connectivity index (χ1) is 11.8. The van der Waals surface area contributed by atoms with Crippen molar-refractivity contribution in [2.45, 2.75) is 12.6 Å². The van der Waals surface area contributed by atoms with Crippen molar-refractivity contribution in [3.05, 3.63) is 48.2 Å². The van der Waals surface area contributed by atoms with Crippen LogP contribution in [0.1, 0.15) is 5.56 Å². The standard InChI is InChI=1S/C18H20N4O2/c1-24-14-6-4-13(5-7-14)12-22-17-15(3-2-8-20-17)21-10-9-19-11-16(21)18(22)23/h2-8,16,19H,9-12H2,1H3. The summed E-state index contributed by atoms with van der Waals surface area (Å²) in [5.41, 5.74) is 2.09. The molecule has 1 N–H and O–H groups in total. The van der Waals surface area contributed by atoms with Crippen LogP contribution in [-0.2, 0) is 11.3 Å². The summed E-state index contributed by atoms with van der Waals surface area (Å²) in [6.07, 6.45) is 1.75. The van der Waals surface area contributed by atoms with Crippen molar-refractivity contribution in [1.82, 2.24) is 10.3 Å². The second-order valence-corrected chi connectivity index (χ2v) is 6.03. The molecule has 0 spiro atoms. The molecule has 6 heteroatoms. The van der Waals surface area contributed by atoms with Gasteiger partial charge in [0.05, 0.1) is 19.3 Å². The molecule has 1 amide bonds. The van der Waals surface area contributed by atoms with Crippen molar-refractivity contribution in [2.75, 3.05) is 36.5 Å². The number of nitrogens with one attached hydrogen (secondary N) is 1. The molecule has 0 saturated carbocycles. The third-order valence-electron chi connectivity index (χ3n) is 4.63. The topological polar surface area (TPSA) is 57.7 Å². The summed E-state index contributed by atoms with van der Waals surface area (Å²) < 4.78 is 5.20. The van der Waals surface area contributed by atoms with Gasteiger partial charge in [-0.3, -0.25) is 9.69 Å². The van der Waals surface area contributed by atoms with Gasteiger partial charge in [0.2, 0.25) is 0 Å². The Morgan fingerprint density at radius 1 is 1.29 bits per heavy atom. The van der Waals surface area contributed by atoms with Crippen LogP contribution >= 0.6 is 0 Å². The lowest BCUT2D eigenvalue weighted by molar-refractivity contribution is -0.120. The summed E-state index contributed by atoms with van der Waals surface area (Å²) in [5.74, 6) is 1.66. The Hall–Kier alpha value is -2.60. The first-order valence-corrected chi connectivity index (χ1v) is 8.14. The fourth-order valence-corrected chi connectivity index (χ4v) is 3.38. The molecular formula is C18H20N4O2. The number of methoxy groups -OCH3 is 1. The van der Waals surface area contributed by atoms with Crippen LogP contribution in [0, 0.1) is 0 Å². The lowest BCUT2D eigenvalue weighted by Gasteiger charge is -2.44.